The second-order valence-electron chi connectivity index (χ2n) is 5.76. The summed E-state index contributed by atoms with van der Waals surface area (Å²) in [4.78, 5) is 11.9. The second-order valence-corrected chi connectivity index (χ2v) is 8.21. The van der Waals surface area contributed by atoms with Crippen molar-refractivity contribution >= 4 is 33.7 Å². The van der Waals surface area contributed by atoms with Crippen LogP contribution in [0.15, 0.2) is 52.5 Å². The molecule has 7 nitrogen and oxygen atoms in total. The number of benzene rings is 2. The van der Waals surface area contributed by atoms with Gasteiger partial charge in [-0.3, -0.25) is 4.79 Å². The van der Waals surface area contributed by atoms with Gasteiger partial charge >= 0.3 is 0 Å². The minimum absolute atomic E-state index is 0.0354. The minimum atomic E-state index is -3.88. The lowest BCUT2D eigenvalue weighted by atomic mass is 10.2. The zero-order valence-electron chi connectivity index (χ0n) is 15.1. The van der Waals surface area contributed by atoms with E-state index in [1.54, 1.807) is 0 Å². The highest BCUT2D eigenvalue weighted by Gasteiger charge is 2.23. The Hall–Kier alpha value is -2.42. The third-order valence-electron chi connectivity index (χ3n) is 3.68. The molecule has 9 heteroatoms. The Balaban J connectivity index is 2.00. The van der Waals surface area contributed by atoms with E-state index in [1.165, 1.54) is 38.6 Å². The van der Waals surface area contributed by atoms with Gasteiger partial charge in [-0.15, -0.1) is 0 Å². The van der Waals surface area contributed by atoms with Gasteiger partial charge in [-0.2, -0.15) is 9.41 Å². The van der Waals surface area contributed by atoms with Crippen LogP contribution >= 0.6 is 11.6 Å². The highest BCUT2D eigenvalue weighted by atomic mass is 35.5. The average Bonchev–Trinajstić information content (AvgIpc) is 2.63. The molecule has 2 rings (SSSR count). The Labute approximate surface area is 163 Å². The van der Waals surface area contributed by atoms with Crippen molar-refractivity contribution in [1.82, 2.24) is 9.73 Å². The van der Waals surface area contributed by atoms with Crippen LogP contribution in [0.2, 0.25) is 5.02 Å². The number of hydrogen-bond acceptors (Lipinski definition) is 5. The number of aryl methyl sites for hydroxylation is 1. The maximum atomic E-state index is 12.6. The average molecular weight is 410 g/mol. The fraction of sp³-hybridized carbons (Fsp3) is 0.222. The molecule has 0 saturated heterocycles. The van der Waals surface area contributed by atoms with Crippen LogP contribution in [0.5, 0.6) is 5.75 Å². The number of rotatable bonds is 7. The third kappa shape index (κ3) is 5.53. The smallest absolute Gasteiger partial charge is 0.255 e. The number of methoxy groups -OCH3 is 1. The Morgan fingerprint density at radius 3 is 2.52 bits per heavy atom. The van der Waals surface area contributed by atoms with E-state index < -0.39 is 22.5 Å². The third-order valence-corrected chi connectivity index (χ3v) is 5.77. The zero-order chi connectivity index (χ0) is 20.0. The summed E-state index contributed by atoms with van der Waals surface area (Å²) in [6.45, 7) is 1.58. The SMILES string of the molecule is COc1ccc(S(=O)(=O)N(C)CC(=O)N/N=C\c2ccc(C)cc2)cc1Cl. The molecule has 0 atom stereocenters. The van der Waals surface area contributed by atoms with E-state index in [9.17, 15) is 13.2 Å². The number of carbonyl (C=O) groups is 1. The van der Waals surface area contributed by atoms with Crippen LogP contribution in [0, 0.1) is 6.92 Å². The van der Waals surface area contributed by atoms with E-state index in [4.69, 9.17) is 16.3 Å². The standard InChI is InChI=1S/C18H20ClN3O4S/c1-13-4-6-14(7-5-13)11-20-21-18(23)12-22(2)27(24,25)15-8-9-17(26-3)16(19)10-15/h4-11H,12H2,1-3H3,(H,21,23)/b20-11-. The van der Waals surface area contributed by atoms with Gasteiger partial charge in [0.25, 0.3) is 5.91 Å². The molecule has 0 bridgehead atoms. The highest BCUT2D eigenvalue weighted by Crippen LogP contribution is 2.27. The Kier molecular flexibility index (Phi) is 6.95. The first-order valence-electron chi connectivity index (χ1n) is 7.92. The number of hydrazone groups is 1. The van der Waals surface area contributed by atoms with Gasteiger partial charge < -0.3 is 4.74 Å². The molecule has 2 aromatic rings. The first-order chi connectivity index (χ1) is 12.7. The lowest BCUT2D eigenvalue weighted by Crippen LogP contribution is -2.36. The van der Waals surface area contributed by atoms with Crippen LogP contribution in [-0.4, -0.2) is 45.5 Å². The topological polar surface area (TPSA) is 88.1 Å². The van der Waals surface area contributed by atoms with Gasteiger partial charge in [-0.25, -0.2) is 13.8 Å². The van der Waals surface area contributed by atoms with Gasteiger partial charge in [0.15, 0.2) is 0 Å². The number of ether oxygens (including phenoxy) is 1. The van der Waals surface area contributed by atoms with Crippen molar-refractivity contribution in [2.75, 3.05) is 20.7 Å². The number of nitrogens with one attached hydrogen (secondary N) is 1. The van der Waals surface area contributed by atoms with Crippen molar-refractivity contribution in [3.05, 3.63) is 58.6 Å². The van der Waals surface area contributed by atoms with Crippen LogP contribution in [-0.2, 0) is 14.8 Å². The van der Waals surface area contributed by atoms with Crippen molar-refractivity contribution in [2.45, 2.75) is 11.8 Å². The van der Waals surface area contributed by atoms with Crippen LogP contribution in [0.25, 0.3) is 0 Å². The molecule has 0 radical (unpaired) electrons. The van der Waals surface area contributed by atoms with Gasteiger partial charge in [0.05, 0.1) is 29.8 Å². The second kappa shape index (κ2) is 8.98. The number of carbonyl (C=O) groups excluding carboxylic acids is 1. The van der Waals surface area contributed by atoms with Crippen molar-refractivity contribution in [2.24, 2.45) is 5.10 Å². The zero-order valence-corrected chi connectivity index (χ0v) is 16.7. The number of likely N-dealkylation sites (N-methyl/N-ethyl adjacent to an activating group) is 1. The molecule has 0 saturated carbocycles. The molecule has 1 N–H and O–H groups in total. The predicted octanol–water partition coefficient (Wildman–Crippen LogP) is 2.43. The van der Waals surface area contributed by atoms with Crippen molar-refractivity contribution < 1.29 is 17.9 Å². The Morgan fingerprint density at radius 1 is 1.26 bits per heavy atom. The summed E-state index contributed by atoms with van der Waals surface area (Å²) in [6.07, 6.45) is 1.48. The highest BCUT2D eigenvalue weighted by molar-refractivity contribution is 7.89. The molecule has 0 aliphatic carbocycles. The number of nitrogens with zero attached hydrogens (tertiary/aromatic N) is 2. The molecule has 0 aliphatic rings. The van der Waals surface area contributed by atoms with E-state index >= 15 is 0 Å². The molecule has 1 amide bonds. The van der Waals surface area contributed by atoms with Crippen LogP contribution in [0.3, 0.4) is 0 Å². The molecule has 0 unspecified atom stereocenters. The molecule has 27 heavy (non-hydrogen) atoms. The number of amides is 1. The molecular weight excluding hydrogens is 390 g/mol. The first-order valence-corrected chi connectivity index (χ1v) is 9.74. The van der Waals surface area contributed by atoms with E-state index in [0.29, 0.717) is 5.75 Å². The summed E-state index contributed by atoms with van der Waals surface area (Å²) < 4.78 is 31.0. The number of hydrogen-bond donors (Lipinski definition) is 1. The maximum Gasteiger partial charge on any atom is 0.255 e. The first kappa shape index (κ1) is 20.9. The van der Waals surface area contributed by atoms with E-state index in [-0.39, 0.29) is 9.92 Å². The van der Waals surface area contributed by atoms with Gasteiger partial charge in [-0.1, -0.05) is 41.4 Å². The monoisotopic (exact) mass is 409 g/mol. The summed E-state index contributed by atoms with van der Waals surface area (Å²) in [6, 6.07) is 11.6. The summed E-state index contributed by atoms with van der Waals surface area (Å²) >= 11 is 5.98. The van der Waals surface area contributed by atoms with E-state index in [1.807, 2.05) is 31.2 Å². The summed E-state index contributed by atoms with van der Waals surface area (Å²) in [7, 11) is -1.15. The maximum absolute atomic E-state index is 12.6. The molecule has 0 aromatic heterocycles. The lowest BCUT2D eigenvalue weighted by Gasteiger charge is -2.16. The molecule has 0 heterocycles. The number of halogens is 1. The Morgan fingerprint density at radius 2 is 1.93 bits per heavy atom. The summed E-state index contributed by atoms with van der Waals surface area (Å²) in [5, 5.41) is 4.00. The molecule has 144 valence electrons. The Bertz CT molecular complexity index is 944. The van der Waals surface area contributed by atoms with Gasteiger partial charge in [0.1, 0.15) is 5.75 Å². The van der Waals surface area contributed by atoms with Crippen LogP contribution in [0.4, 0.5) is 0 Å². The number of sulfonamides is 1. The fourth-order valence-corrected chi connectivity index (χ4v) is 3.62. The van der Waals surface area contributed by atoms with E-state index in [2.05, 4.69) is 10.5 Å². The normalized spacial score (nSPS) is 11.7. The van der Waals surface area contributed by atoms with Crippen molar-refractivity contribution in [3.63, 3.8) is 0 Å². The quantitative estimate of drug-likeness (QED) is 0.562. The van der Waals surface area contributed by atoms with Gasteiger partial charge in [0, 0.05) is 7.05 Å². The molecule has 0 fully saturated rings. The van der Waals surface area contributed by atoms with E-state index in [0.717, 1.165) is 15.4 Å². The molecule has 0 aliphatic heterocycles. The van der Waals surface area contributed by atoms with Crippen LogP contribution < -0.4 is 10.2 Å². The largest absolute Gasteiger partial charge is 0.495 e. The van der Waals surface area contributed by atoms with Gasteiger partial charge in [-0.05, 0) is 30.7 Å². The molecule has 0 spiro atoms. The predicted molar refractivity (Wildman–Crippen MR) is 105 cm³/mol. The van der Waals surface area contributed by atoms with Crippen LogP contribution in [0.1, 0.15) is 11.1 Å². The minimum Gasteiger partial charge on any atom is -0.495 e. The fourth-order valence-electron chi connectivity index (χ4n) is 2.14. The van der Waals surface area contributed by atoms with Crippen molar-refractivity contribution in [1.29, 1.82) is 0 Å². The summed E-state index contributed by atoms with van der Waals surface area (Å²) in [5.41, 5.74) is 4.24. The summed E-state index contributed by atoms with van der Waals surface area (Å²) in [5.74, 6) is -0.203. The lowest BCUT2D eigenvalue weighted by molar-refractivity contribution is -0.121. The molecule has 2 aromatic carbocycles. The van der Waals surface area contributed by atoms with Gasteiger partial charge in [0.2, 0.25) is 10.0 Å². The van der Waals surface area contributed by atoms with Crippen molar-refractivity contribution in [3.8, 4) is 5.75 Å². The molecular formula is C18H20ClN3O4S.